The van der Waals surface area contributed by atoms with E-state index in [1.54, 1.807) is 19.1 Å². The van der Waals surface area contributed by atoms with Crippen LogP contribution in [0.4, 0.5) is 0 Å². The molecule has 2 nitrogen and oxygen atoms in total. The number of sulfone groups is 1. The van der Waals surface area contributed by atoms with Gasteiger partial charge in [0.1, 0.15) is 4.75 Å². The summed E-state index contributed by atoms with van der Waals surface area (Å²) < 4.78 is 22.6. The van der Waals surface area contributed by atoms with Crippen molar-refractivity contribution in [1.82, 2.24) is 0 Å². The maximum absolute atomic E-state index is 11.8. The van der Waals surface area contributed by atoms with Crippen molar-refractivity contribution in [2.75, 3.05) is 6.26 Å². The predicted octanol–water partition coefficient (Wildman–Crippen LogP) is 2.89. The Morgan fingerprint density at radius 1 is 1.06 bits per heavy atom. The van der Waals surface area contributed by atoms with Gasteiger partial charge in [0.25, 0.3) is 0 Å². The van der Waals surface area contributed by atoms with Gasteiger partial charge in [0.05, 0.1) is 0 Å². The molecule has 16 heavy (non-hydrogen) atoms. The zero-order valence-corrected chi connectivity index (χ0v) is 11.4. The highest BCUT2D eigenvalue weighted by Gasteiger charge is 2.31. The Morgan fingerprint density at radius 3 is 2.12 bits per heavy atom. The van der Waals surface area contributed by atoms with E-state index in [0.29, 0.717) is 0 Å². The summed E-state index contributed by atoms with van der Waals surface area (Å²) in [5.74, 6) is 0. The van der Waals surface area contributed by atoms with E-state index < -0.39 is 14.6 Å². The fourth-order valence-electron chi connectivity index (χ4n) is 1.66. The number of hydrogen-bond acceptors (Lipinski definition) is 2. The quantitative estimate of drug-likeness (QED) is 0.660. The smallest absolute Gasteiger partial charge is 0.160 e. The molecule has 0 heterocycles. The van der Waals surface area contributed by atoms with Gasteiger partial charge >= 0.3 is 0 Å². The number of allylic oxidation sites excluding steroid dienone is 4. The molecule has 1 atom stereocenters. The molecule has 0 aromatic rings. The van der Waals surface area contributed by atoms with Gasteiger partial charge in [-0.1, -0.05) is 49.8 Å². The molecule has 0 N–H and O–H groups in total. The molecule has 0 fully saturated rings. The van der Waals surface area contributed by atoms with Crippen molar-refractivity contribution in [1.29, 1.82) is 0 Å². The summed E-state index contributed by atoms with van der Waals surface area (Å²) in [4.78, 5) is 0. The maximum Gasteiger partial charge on any atom is 0.160 e. The molecule has 3 heteroatoms. The van der Waals surface area contributed by atoms with Gasteiger partial charge in [0.2, 0.25) is 0 Å². The fourth-order valence-corrected chi connectivity index (χ4v) is 2.29. The molecule has 1 rings (SSSR count). The van der Waals surface area contributed by atoms with Crippen molar-refractivity contribution in [3.05, 3.63) is 36.0 Å². The molecule has 0 aromatic heterocycles. The van der Waals surface area contributed by atoms with Crippen LogP contribution in [0.5, 0.6) is 0 Å². The van der Waals surface area contributed by atoms with Gasteiger partial charge in [0, 0.05) is 11.7 Å². The van der Waals surface area contributed by atoms with E-state index in [2.05, 4.69) is 19.9 Å². The highest BCUT2D eigenvalue weighted by Crippen LogP contribution is 2.29. The number of rotatable bonds is 1. The topological polar surface area (TPSA) is 34.1 Å². The molecule has 0 aromatic carbocycles. The molecule has 0 bridgehead atoms. The van der Waals surface area contributed by atoms with Crippen molar-refractivity contribution in [2.24, 2.45) is 5.41 Å². The lowest BCUT2D eigenvalue weighted by Gasteiger charge is -2.25. The van der Waals surface area contributed by atoms with Crippen LogP contribution in [0.15, 0.2) is 36.0 Å². The van der Waals surface area contributed by atoms with E-state index in [1.807, 2.05) is 19.1 Å². The first-order valence-electron chi connectivity index (χ1n) is 5.34. The zero-order valence-electron chi connectivity index (χ0n) is 10.6. The van der Waals surface area contributed by atoms with E-state index in [-0.39, 0.29) is 5.41 Å². The van der Waals surface area contributed by atoms with Crippen molar-refractivity contribution in [3.63, 3.8) is 0 Å². The average Bonchev–Trinajstić information content (AvgIpc) is 2.07. The summed E-state index contributed by atoms with van der Waals surface area (Å²) in [6, 6.07) is 0. The highest BCUT2D eigenvalue weighted by molar-refractivity contribution is 7.92. The molecule has 0 aliphatic heterocycles. The average molecular weight is 240 g/mol. The van der Waals surface area contributed by atoms with Crippen LogP contribution in [0.2, 0.25) is 0 Å². The van der Waals surface area contributed by atoms with Crippen LogP contribution >= 0.6 is 0 Å². The Hall–Kier alpha value is -0.830. The SMILES string of the molecule is CC1=C/C(C)(C)/C=C\C(C)(S(C)(=O)=O)/C=C\1. The third-order valence-corrected chi connectivity index (χ3v) is 4.79. The van der Waals surface area contributed by atoms with Gasteiger partial charge in [-0.3, -0.25) is 0 Å². The number of hydrogen-bond donors (Lipinski definition) is 0. The summed E-state index contributed by atoms with van der Waals surface area (Å²) in [6.07, 6.45) is 10.8. The molecule has 1 unspecified atom stereocenters. The predicted molar refractivity (Wildman–Crippen MR) is 69.1 cm³/mol. The van der Waals surface area contributed by atoms with Gasteiger partial charge in [0.15, 0.2) is 9.84 Å². The van der Waals surface area contributed by atoms with Crippen LogP contribution in [0.25, 0.3) is 0 Å². The van der Waals surface area contributed by atoms with Crippen LogP contribution in [-0.4, -0.2) is 19.4 Å². The van der Waals surface area contributed by atoms with Crippen LogP contribution < -0.4 is 0 Å². The second-order valence-electron chi connectivity index (χ2n) is 5.33. The van der Waals surface area contributed by atoms with E-state index >= 15 is 0 Å². The Balaban J connectivity index is 3.36. The normalized spacial score (nSPS) is 36.7. The standard InChI is InChI=1S/C13H20O2S/c1-11-6-7-13(4,16(5,14)15)9-8-12(2,3)10-11/h6-10H,1-5H3/b7-6-,9-8-,11-10-. The monoisotopic (exact) mass is 240 g/mol. The molecule has 0 radical (unpaired) electrons. The Labute approximate surface area is 98.7 Å². The Morgan fingerprint density at radius 2 is 1.62 bits per heavy atom. The third kappa shape index (κ3) is 2.85. The molecular formula is C13H20O2S. The fraction of sp³-hybridized carbons (Fsp3) is 0.538. The molecule has 1 aliphatic carbocycles. The first kappa shape index (κ1) is 13.2. The molecule has 0 spiro atoms. The van der Waals surface area contributed by atoms with Crippen molar-refractivity contribution in [3.8, 4) is 0 Å². The lowest BCUT2D eigenvalue weighted by atomic mass is 9.87. The maximum atomic E-state index is 11.8. The first-order chi connectivity index (χ1) is 7.06. The lowest BCUT2D eigenvalue weighted by Crippen LogP contribution is -2.31. The lowest BCUT2D eigenvalue weighted by molar-refractivity contribution is 0.581. The molecule has 0 saturated heterocycles. The van der Waals surface area contributed by atoms with E-state index in [4.69, 9.17) is 0 Å². The van der Waals surface area contributed by atoms with Crippen LogP contribution in [0.1, 0.15) is 27.7 Å². The minimum Gasteiger partial charge on any atom is -0.228 e. The van der Waals surface area contributed by atoms with E-state index in [9.17, 15) is 8.42 Å². The Bertz CT molecular complexity index is 464. The van der Waals surface area contributed by atoms with Gasteiger partial charge in [-0.25, -0.2) is 8.42 Å². The Kier molecular flexibility index (Phi) is 3.21. The van der Waals surface area contributed by atoms with E-state index in [0.717, 1.165) is 5.57 Å². The second kappa shape index (κ2) is 3.88. The molecular weight excluding hydrogens is 220 g/mol. The minimum absolute atomic E-state index is 0.110. The second-order valence-corrected chi connectivity index (χ2v) is 7.76. The van der Waals surface area contributed by atoms with Gasteiger partial charge in [-0.15, -0.1) is 0 Å². The summed E-state index contributed by atoms with van der Waals surface area (Å²) >= 11 is 0. The third-order valence-electron chi connectivity index (χ3n) is 2.92. The van der Waals surface area contributed by atoms with Crippen LogP contribution in [0, 0.1) is 5.41 Å². The zero-order chi connectivity index (χ0) is 12.6. The van der Waals surface area contributed by atoms with Gasteiger partial charge < -0.3 is 0 Å². The van der Waals surface area contributed by atoms with Crippen molar-refractivity contribution >= 4 is 9.84 Å². The summed E-state index contributed by atoms with van der Waals surface area (Å²) in [6.45, 7) is 7.84. The molecule has 0 saturated carbocycles. The van der Waals surface area contributed by atoms with Crippen molar-refractivity contribution < 1.29 is 8.42 Å². The van der Waals surface area contributed by atoms with E-state index in [1.165, 1.54) is 6.26 Å². The summed E-state index contributed by atoms with van der Waals surface area (Å²) in [5, 5.41) is 0. The summed E-state index contributed by atoms with van der Waals surface area (Å²) in [7, 11) is -3.14. The van der Waals surface area contributed by atoms with Gasteiger partial charge in [-0.05, 0) is 13.8 Å². The first-order valence-corrected chi connectivity index (χ1v) is 7.24. The largest absolute Gasteiger partial charge is 0.228 e. The van der Waals surface area contributed by atoms with Gasteiger partial charge in [-0.2, -0.15) is 0 Å². The molecule has 90 valence electrons. The minimum atomic E-state index is -3.14. The molecule has 1 aliphatic rings. The summed E-state index contributed by atoms with van der Waals surface area (Å²) in [5.41, 5.74) is 0.977. The highest BCUT2D eigenvalue weighted by atomic mass is 32.2. The van der Waals surface area contributed by atoms with Crippen LogP contribution in [-0.2, 0) is 9.84 Å². The van der Waals surface area contributed by atoms with Crippen molar-refractivity contribution in [2.45, 2.75) is 32.4 Å². The van der Waals surface area contributed by atoms with Crippen LogP contribution in [0.3, 0.4) is 0 Å². The molecule has 0 amide bonds.